The van der Waals surface area contributed by atoms with Gasteiger partial charge in [-0.2, -0.15) is 0 Å². The quantitative estimate of drug-likeness (QED) is 0.679. The van der Waals surface area contributed by atoms with E-state index in [9.17, 15) is 0 Å². The molecule has 1 heterocycles. The van der Waals surface area contributed by atoms with Crippen molar-refractivity contribution < 1.29 is 0 Å². The molecule has 3 rings (SSSR count). The molecule has 3 aromatic rings. The average molecular weight is 286 g/mol. The number of hydrogen-bond acceptors (Lipinski definition) is 2. The van der Waals surface area contributed by atoms with E-state index >= 15 is 0 Å². The monoisotopic (exact) mass is 285 g/mol. The van der Waals surface area contributed by atoms with E-state index in [0.717, 1.165) is 35.5 Å². The van der Waals surface area contributed by atoms with Crippen LogP contribution < -0.4 is 5.32 Å². The minimum absolute atomic E-state index is 0.696. The van der Waals surface area contributed by atoms with Gasteiger partial charge >= 0.3 is 0 Å². The molecule has 1 aromatic heterocycles. The molecule has 0 atom stereocenters. The van der Waals surface area contributed by atoms with E-state index in [1.165, 1.54) is 5.56 Å². The SMILES string of the molecule is ClCCCc1cccc(Nc2nc3ccccc3[nH]2)c1. The van der Waals surface area contributed by atoms with Gasteiger partial charge in [0.25, 0.3) is 0 Å². The zero-order valence-electron chi connectivity index (χ0n) is 11.1. The average Bonchev–Trinajstić information content (AvgIpc) is 2.87. The molecule has 2 N–H and O–H groups in total. The number of halogens is 1. The minimum atomic E-state index is 0.696. The Balaban J connectivity index is 1.79. The van der Waals surface area contributed by atoms with Crippen LogP contribution >= 0.6 is 11.6 Å². The Morgan fingerprint density at radius 2 is 2.00 bits per heavy atom. The molecule has 0 radical (unpaired) electrons. The zero-order valence-corrected chi connectivity index (χ0v) is 11.8. The third kappa shape index (κ3) is 2.94. The van der Waals surface area contributed by atoms with Gasteiger partial charge in [-0.05, 0) is 42.7 Å². The van der Waals surface area contributed by atoms with Crippen LogP contribution in [0.25, 0.3) is 11.0 Å². The van der Waals surface area contributed by atoms with Crippen LogP contribution in [-0.2, 0) is 6.42 Å². The molecule has 0 aliphatic heterocycles. The van der Waals surface area contributed by atoms with Crippen molar-refractivity contribution in [3.63, 3.8) is 0 Å². The number of nitrogens with one attached hydrogen (secondary N) is 2. The summed E-state index contributed by atoms with van der Waals surface area (Å²) < 4.78 is 0. The molecule has 0 bridgehead atoms. The molecular weight excluding hydrogens is 270 g/mol. The van der Waals surface area contributed by atoms with Crippen molar-refractivity contribution in [1.82, 2.24) is 9.97 Å². The predicted octanol–water partition coefficient (Wildman–Crippen LogP) is 4.48. The van der Waals surface area contributed by atoms with E-state index in [4.69, 9.17) is 11.6 Å². The van der Waals surface area contributed by atoms with Gasteiger partial charge in [-0.1, -0.05) is 24.3 Å². The summed E-state index contributed by atoms with van der Waals surface area (Å²) in [6.45, 7) is 0. The van der Waals surface area contributed by atoms with Gasteiger partial charge in [0.15, 0.2) is 0 Å². The number of aromatic amines is 1. The van der Waals surface area contributed by atoms with Gasteiger partial charge < -0.3 is 10.3 Å². The molecule has 0 amide bonds. The maximum Gasteiger partial charge on any atom is 0.205 e. The molecule has 0 fully saturated rings. The second-order valence-electron chi connectivity index (χ2n) is 4.72. The highest BCUT2D eigenvalue weighted by Gasteiger charge is 2.02. The van der Waals surface area contributed by atoms with Crippen molar-refractivity contribution in [2.45, 2.75) is 12.8 Å². The minimum Gasteiger partial charge on any atom is -0.326 e. The van der Waals surface area contributed by atoms with E-state index in [1.807, 2.05) is 30.3 Å². The van der Waals surface area contributed by atoms with Crippen LogP contribution in [-0.4, -0.2) is 15.8 Å². The maximum absolute atomic E-state index is 5.74. The highest BCUT2D eigenvalue weighted by molar-refractivity contribution is 6.17. The van der Waals surface area contributed by atoms with Gasteiger partial charge in [-0.25, -0.2) is 4.98 Å². The number of rotatable bonds is 5. The van der Waals surface area contributed by atoms with Gasteiger partial charge in [0, 0.05) is 11.6 Å². The molecule has 0 aliphatic rings. The van der Waals surface area contributed by atoms with Crippen LogP contribution in [0, 0.1) is 0 Å². The van der Waals surface area contributed by atoms with Gasteiger partial charge in [-0.15, -0.1) is 11.6 Å². The molecule has 2 aromatic carbocycles. The number of aryl methyl sites for hydroxylation is 1. The van der Waals surface area contributed by atoms with Gasteiger partial charge in [0.2, 0.25) is 5.95 Å². The molecule has 4 heteroatoms. The summed E-state index contributed by atoms with van der Waals surface area (Å²) in [4.78, 5) is 7.78. The molecule has 3 nitrogen and oxygen atoms in total. The second kappa shape index (κ2) is 5.97. The Bertz CT molecular complexity index is 673. The molecule has 0 saturated carbocycles. The summed E-state index contributed by atoms with van der Waals surface area (Å²) in [5.41, 5.74) is 4.32. The number of fused-ring (bicyclic) bond motifs is 1. The highest BCUT2D eigenvalue weighted by atomic mass is 35.5. The predicted molar refractivity (Wildman–Crippen MR) is 84.9 cm³/mol. The fourth-order valence-corrected chi connectivity index (χ4v) is 2.36. The van der Waals surface area contributed by atoms with E-state index < -0.39 is 0 Å². The van der Waals surface area contributed by atoms with Crippen molar-refractivity contribution in [3.8, 4) is 0 Å². The van der Waals surface area contributed by atoms with Crippen LogP contribution in [0.1, 0.15) is 12.0 Å². The first-order valence-electron chi connectivity index (χ1n) is 6.72. The van der Waals surface area contributed by atoms with Crippen LogP contribution in [0.2, 0.25) is 0 Å². The van der Waals surface area contributed by atoms with Crippen molar-refractivity contribution in [3.05, 3.63) is 54.1 Å². The Hall–Kier alpha value is -2.00. The summed E-state index contributed by atoms with van der Waals surface area (Å²) in [5, 5.41) is 3.31. The Morgan fingerprint density at radius 1 is 1.10 bits per heavy atom. The van der Waals surface area contributed by atoms with E-state index in [-0.39, 0.29) is 0 Å². The lowest BCUT2D eigenvalue weighted by Crippen LogP contribution is -1.94. The molecule has 0 saturated heterocycles. The van der Waals surface area contributed by atoms with E-state index in [2.05, 4.69) is 33.5 Å². The lowest BCUT2D eigenvalue weighted by Gasteiger charge is -2.05. The number of anilines is 2. The lowest BCUT2D eigenvalue weighted by molar-refractivity contribution is 0.929. The molecule has 0 unspecified atom stereocenters. The van der Waals surface area contributed by atoms with Crippen molar-refractivity contribution in [2.24, 2.45) is 0 Å². The van der Waals surface area contributed by atoms with Gasteiger partial charge in [0.05, 0.1) is 11.0 Å². The van der Waals surface area contributed by atoms with E-state index in [1.54, 1.807) is 0 Å². The zero-order chi connectivity index (χ0) is 13.8. The van der Waals surface area contributed by atoms with Crippen LogP contribution in [0.15, 0.2) is 48.5 Å². The summed E-state index contributed by atoms with van der Waals surface area (Å²) >= 11 is 5.74. The number of aromatic nitrogens is 2. The van der Waals surface area contributed by atoms with Crippen LogP contribution in [0.4, 0.5) is 11.6 Å². The molecule has 102 valence electrons. The Kier molecular flexibility index (Phi) is 3.88. The maximum atomic E-state index is 5.74. The lowest BCUT2D eigenvalue weighted by atomic mass is 10.1. The standard InChI is InChI=1S/C16H16ClN3/c17-10-4-6-12-5-3-7-13(11-12)18-16-19-14-8-1-2-9-15(14)20-16/h1-3,5,7-9,11H,4,6,10H2,(H2,18,19,20). The summed E-state index contributed by atoms with van der Waals surface area (Å²) in [6.07, 6.45) is 1.99. The number of para-hydroxylation sites is 2. The highest BCUT2D eigenvalue weighted by Crippen LogP contribution is 2.19. The second-order valence-corrected chi connectivity index (χ2v) is 5.10. The first-order valence-corrected chi connectivity index (χ1v) is 7.25. The van der Waals surface area contributed by atoms with Crippen LogP contribution in [0.3, 0.4) is 0 Å². The fourth-order valence-electron chi connectivity index (χ4n) is 2.22. The Morgan fingerprint density at radius 3 is 2.85 bits per heavy atom. The summed E-state index contributed by atoms with van der Waals surface area (Å²) in [7, 11) is 0. The largest absolute Gasteiger partial charge is 0.326 e. The van der Waals surface area contributed by atoms with Gasteiger partial charge in [0.1, 0.15) is 0 Å². The van der Waals surface area contributed by atoms with E-state index in [0.29, 0.717) is 5.88 Å². The number of imidazole rings is 1. The normalized spacial score (nSPS) is 10.8. The summed E-state index contributed by atoms with van der Waals surface area (Å²) in [5.74, 6) is 1.46. The van der Waals surface area contributed by atoms with Gasteiger partial charge in [-0.3, -0.25) is 0 Å². The third-order valence-corrected chi connectivity index (χ3v) is 3.45. The number of hydrogen-bond donors (Lipinski definition) is 2. The van der Waals surface area contributed by atoms with Crippen molar-refractivity contribution >= 4 is 34.3 Å². The number of alkyl halides is 1. The number of H-pyrrole nitrogens is 1. The molecule has 20 heavy (non-hydrogen) atoms. The third-order valence-electron chi connectivity index (χ3n) is 3.18. The molecule has 0 aliphatic carbocycles. The van der Waals surface area contributed by atoms with Crippen LogP contribution in [0.5, 0.6) is 0 Å². The summed E-state index contributed by atoms with van der Waals surface area (Å²) in [6, 6.07) is 16.3. The number of nitrogens with zero attached hydrogens (tertiary/aromatic N) is 1. The van der Waals surface area contributed by atoms with Crippen molar-refractivity contribution in [2.75, 3.05) is 11.2 Å². The Labute approximate surface area is 123 Å². The molecule has 0 spiro atoms. The van der Waals surface area contributed by atoms with Crippen molar-refractivity contribution in [1.29, 1.82) is 0 Å². The molecular formula is C16H16ClN3. The fraction of sp³-hybridized carbons (Fsp3) is 0.188. The smallest absolute Gasteiger partial charge is 0.205 e. The first kappa shape index (κ1) is 13.0. The number of benzene rings is 2. The first-order chi connectivity index (χ1) is 9.85. The topological polar surface area (TPSA) is 40.7 Å².